The van der Waals surface area contributed by atoms with Crippen LogP contribution in [0.2, 0.25) is 0 Å². The number of para-hydroxylation sites is 1. The van der Waals surface area contributed by atoms with Gasteiger partial charge in [0.15, 0.2) is 17.6 Å². The van der Waals surface area contributed by atoms with Crippen molar-refractivity contribution in [1.82, 2.24) is 0 Å². The van der Waals surface area contributed by atoms with Crippen molar-refractivity contribution in [2.75, 3.05) is 19.5 Å². The van der Waals surface area contributed by atoms with Crippen molar-refractivity contribution < 1.29 is 37.0 Å². The SMILES string of the molecule is COc1cccc(C(=O)O[C@@H](C)C(=O)Nc2ccc(C(F)(F)F)cc2)c1OC. The number of rotatable bonds is 6. The Morgan fingerprint density at radius 1 is 1.00 bits per heavy atom. The Labute approximate surface area is 159 Å². The average Bonchev–Trinajstić information content (AvgIpc) is 2.66. The number of ether oxygens (including phenoxy) is 3. The van der Waals surface area contributed by atoms with Gasteiger partial charge in [-0.3, -0.25) is 4.79 Å². The molecule has 6 nitrogen and oxygen atoms in total. The Kier molecular flexibility index (Phi) is 6.50. The second-order valence-corrected chi connectivity index (χ2v) is 5.65. The molecule has 28 heavy (non-hydrogen) atoms. The normalized spacial score (nSPS) is 12.1. The number of carbonyl (C=O) groups is 2. The highest BCUT2D eigenvalue weighted by molar-refractivity contribution is 5.98. The smallest absolute Gasteiger partial charge is 0.416 e. The Hall–Kier alpha value is -3.23. The molecule has 0 aromatic heterocycles. The van der Waals surface area contributed by atoms with Crippen LogP contribution in [0, 0.1) is 0 Å². The number of hydrogen-bond acceptors (Lipinski definition) is 5. The number of methoxy groups -OCH3 is 2. The van der Waals surface area contributed by atoms with Crippen LogP contribution < -0.4 is 14.8 Å². The average molecular weight is 397 g/mol. The monoisotopic (exact) mass is 397 g/mol. The van der Waals surface area contributed by atoms with Gasteiger partial charge in [0.1, 0.15) is 5.56 Å². The summed E-state index contributed by atoms with van der Waals surface area (Å²) in [5, 5.41) is 2.39. The molecule has 0 unspecified atom stereocenters. The minimum absolute atomic E-state index is 0.0658. The van der Waals surface area contributed by atoms with Crippen LogP contribution in [0.5, 0.6) is 11.5 Å². The van der Waals surface area contributed by atoms with Gasteiger partial charge in [0.25, 0.3) is 5.91 Å². The number of alkyl halides is 3. The van der Waals surface area contributed by atoms with Gasteiger partial charge in [0.2, 0.25) is 0 Å². The highest BCUT2D eigenvalue weighted by Gasteiger charge is 2.30. The molecule has 0 radical (unpaired) electrons. The number of nitrogens with one attached hydrogen (secondary N) is 1. The van der Waals surface area contributed by atoms with Crippen molar-refractivity contribution >= 4 is 17.6 Å². The highest BCUT2D eigenvalue weighted by atomic mass is 19.4. The lowest BCUT2D eigenvalue weighted by atomic mass is 10.2. The molecule has 0 saturated heterocycles. The Morgan fingerprint density at radius 3 is 2.18 bits per heavy atom. The largest absolute Gasteiger partial charge is 0.493 e. The van der Waals surface area contributed by atoms with E-state index in [1.165, 1.54) is 27.2 Å². The molecular formula is C19H18F3NO5. The van der Waals surface area contributed by atoms with Crippen LogP contribution in [0.3, 0.4) is 0 Å². The van der Waals surface area contributed by atoms with Crippen molar-refractivity contribution in [2.45, 2.75) is 19.2 Å². The second kappa shape index (κ2) is 8.64. The molecule has 0 saturated carbocycles. The number of carbonyl (C=O) groups excluding carboxylic acids is 2. The van der Waals surface area contributed by atoms with E-state index in [-0.39, 0.29) is 17.0 Å². The number of anilines is 1. The van der Waals surface area contributed by atoms with Crippen LogP contribution in [-0.4, -0.2) is 32.2 Å². The molecular weight excluding hydrogens is 379 g/mol. The number of hydrogen-bond donors (Lipinski definition) is 1. The quantitative estimate of drug-likeness (QED) is 0.749. The lowest BCUT2D eigenvalue weighted by Crippen LogP contribution is -2.30. The van der Waals surface area contributed by atoms with E-state index in [1.54, 1.807) is 12.1 Å². The maximum absolute atomic E-state index is 12.6. The van der Waals surface area contributed by atoms with Crippen LogP contribution in [-0.2, 0) is 15.7 Å². The fourth-order valence-corrected chi connectivity index (χ4v) is 2.31. The molecule has 9 heteroatoms. The van der Waals surface area contributed by atoms with Crippen molar-refractivity contribution in [3.05, 3.63) is 53.6 Å². The molecule has 2 rings (SSSR count). The molecule has 0 heterocycles. The molecule has 1 atom stereocenters. The highest BCUT2D eigenvalue weighted by Crippen LogP contribution is 2.32. The first-order chi connectivity index (χ1) is 13.2. The molecule has 0 bridgehead atoms. The van der Waals surface area contributed by atoms with E-state index in [4.69, 9.17) is 14.2 Å². The molecule has 2 aromatic carbocycles. The lowest BCUT2D eigenvalue weighted by molar-refractivity contribution is -0.137. The summed E-state index contributed by atoms with van der Waals surface area (Å²) in [6, 6.07) is 8.51. The zero-order valence-electron chi connectivity index (χ0n) is 15.3. The number of benzene rings is 2. The predicted octanol–water partition coefficient (Wildman–Crippen LogP) is 3.91. The molecule has 1 amide bonds. The van der Waals surface area contributed by atoms with Crippen LogP contribution in [0.25, 0.3) is 0 Å². The Bertz CT molecular complexity index is 850. The first-order valence-electron chi connectivity index (χ1n) is 8.07. The zero-order chi connectivity index (χ0) is 20.9. The van der Waals surface area contributed by atoms with Gasteiger partial charge in [-0.15, -0.1) is 0 Å². The van der Waals surface area contributed by atoms with Gasteiger partial charge in [0, 0.05) is 5.69 Å². The summed E-state index contributed by atoms with van der Waals surface area (Å²) in [6.45, 7) is 1.34. The van der Waals surface area contributed by atoms with Gasteiger partial charge in [0.05, 0.1) is 19.8 Å². The minimum atomic E-state index is -4.47. The third kappa shape index (κ3) is 4.93. The van der Waals surface area contributed by atoms with E-state index in [0.29, 0.717) is 5.75 Å². The summed E-state index contributed by atoms with van der Waals surface area (Å²) >= 11 is 0. The van der Waals surface area contributed by atoms with Crippen LogP contribution in [0.1, 0.15) is 22.8 Å². The van der Waals surface area contributed by atoms with Gasteiger partial charge in [-0.05, 0) is 43.3 Å². The Morgan fingerprint density at radius 2 is 1.64 bits per heavy atom. The van der Waals surface area contributed by atoms with Crippen molar-refractivity contribution in [1.29, 1.82) is 0 Å². The first kappa shape index (κ1) is 21.1. The summed E-state index contributed by atoms with van der Waals surface area (Å²) in [4.78, 5) is 24.5. The summed E-state index contributed by atoms with van der Waals surface area (Å²) in [5.74, 6) is -1.04. The van der Waals surface area contributed by atoms with E-state index in [2.05, 4.69) is 5.32 Å². The van der Waals surface area contributed by atoms with Crippen molar-refractivity contribution in [3.8, 4) is 11.5 Å². The third-order valence-electron chi connectivity index (χ3n) is 3.76. The maximum atomic E-state index is 12.6. The molecule has 0 aliphatic rings. The summed E-state index contributed by atoms with van der Waals surface area (Å²) in [5.41, 5.74) is -0.633. The van der Waals surface area contributed by atoms with Gasteiger partial charge in [-0.25, -0.2) is 4.79 Å². The Balaban J connectivity index is 2.05. The second-order valence-electron chi connectivity index (χ2n) is 5.65. The van der Waals surface area contributed by atoms with Gasteiger partial charge in [-0.2, -0.15) is 13.2 Å². The van der Waals surface area contributed by atoms with Gasteiger partial charge in [-0.1, -0.05) is 6.07 Å². The van der Waals surface area contributed by atoms with E-state index >= 15 is 0 Å². The number of amides is 1. The molecule has 0 spiro atoms. The molecule has 150 valence electrons. The topological polar surface area (TPSA) is 73.9 Å². The summed E-state index contributed by atoms with van der Waals surface area (Å²) in [7, 11) is 2.77. The predicted molar refractivity (Wildman–Crippen MR) is 94.5 cm³/mol. The zero-order valence-corrected chi connectivity index (χ0v) is 15.3. The van der Waals surface area contributed by atoms with Gasteiger partial charge >= 0.3 is 12.1 Å². The van der Waals surface area contributed by atoms with Gasteiger partial charge < -0.3 is 19.5 Å². The first-order valence-corrected chi connectivity index (χ1v) is 8.07. The summed E-state index contributed by atoms with van der Waals surface area (Å²) in [6.07, 6.45) is -5.67. The van der Waals surface area contributed by atoms with E-state index in [0.717, 1.165) is 24.3 Å². The van der Waals surface area contributed by atoms with E-state index in [9.17, 15) is 22.8 Å². The fourth-order valence-electron chi connectivity index (χ4n) is 2.31. The molecule has 2 aromatic rings. The molecule has 1 N–H and O–H groups in total. The fraction of sp³-hybridized carbons (Fsp3) is 0.263. The van der Waals surface area contributed by atoms with Crippen molar-refractivity contribution in [3.63, 3.8) is 0 Å². The van der Waals surface area contributed by atoms with E-state index in [1.807, 2.05) is 0 Å². The lowest BCUT2D eigenvalue weighted by Gasteiger charge is -2.16. The van der Waals surface area contributed by atoms with Crippen LogP contribution in [0.4, 0.5) is 18.9 Å². The standard InChI is InChI=1S/C19H18F3NO5/c1-11(17(24)23-13-9-7-12(8-10-13)19(20,21)22)28-18(25)14-5-4-6-15(26-2)16(14)27-3/h4-11H,1-3H3,(H,23,24)/t11-/m0/s1. The van der Waals surface area contributed by atoms with Crippen molar-refractivity contribution in [2.24, 2.45) is 0 Å². The number of esters is 1. The maximum Gasteiger partial charge on any atom is 0.416 e. The molecule has 0 fully saturated rings. The molecule has 0 aliphatic carbocycles. The van der Waals surface area contributed by atoms with Crippen LogP contribution in [0.15, 0.2) is 42.5 Å². The third-order valence-corrected chi connectivity index (χ3v) is 3.76. The summed E-state index contributed by atoms with van der Waals surface area (Å²) < 4.78 is 53.1. The van der Waals surface area contributed by atoms with E-state index < -0.39 is 29.7 Å². The number of halogens is 3. The minimum Gasteiger partial charge on any atom is -0.493 e. The molecule has 0 aliphatic heterocycles. The van der Waals surface area contributed by atoms with Crippen LogP contribution >= 0.6 is 0 Å².